The molecular weight excluding hydrogens is 254 g/mol. The fourth-order valence-electron chi connectivity index (χ4n) is 1.45. The summed E-state index contributed by atoms with van der Waals surface area (Å²) in [5.74, 6) is -0.0107. The van der Waals surface area contributed by atoms with E-state index in [1.807, 2.05) is 31.2 Å². The number of carbonyl (C=O) groups excluding carboxylic acids is 1. The summed E-state index contributed by atoms with van der Waals surface area (Å²) in [5, 5.41) is 2.97. The quantitative estimate of drug-likeness (QED) is 0.893. The molecule has 2 nitrogen and oxygen atoms in total. The summed E-state index contributed by atoms with van der Waals surface area (Å²) in [6, 6.07) is 7.69. The van der Waals surface area contributed by atoms with Gasteiger partial charge in [-0.05, 0) is 41.4 Å². The van der Waals surface area contributed by atoms with E-state index >= 15 is 0 Å². The molecule has 15 heavy (non-hydrogen) atoms. The van der Waals surface area contributed by atoms with Gasteiger partial charge in [-0.15, -0.1) is 0 Å². The lowest BCUT2D eigenvalue weighted by Crippen LogP contribution is -2.32. The molecule has 3 heteroatoms. The molecule has 0 aliphatic rings. The van der Waals surface area contributed by atoms with Crippen LogP contribution >= 0.6 is 15.9 Å². The second-order valence-electron chi connectivity index (χ2n) is 3.64. The van der Waals surface area contributed by atoms with Crippen molar-refractivity contribution in [1.29, 1.82) is 0 Å². The van der Waals surface area contributed by atoms with Gasteiger partial charge in [0.1, 0.15) is 0 Å². The van der Waals surface area contributed by atoms with Gasteiger partial charge in [0.15, 0.2) is 0 Å². The van der Waals surface area contributed by atoms with Gasteiger partial charge in [-0.1, -0.05) is 25.5 Å². The lowest BCUT2D eigenvalue weighted by Gasteiger charge is -2.13. The van der Waals surface area contributed by atoms with Gasteiger partial charge in [-0.25, -0.2) is 0 Å². The van der Waals surface area contributed by atoms with Gasteiger partial charge in [0.25, 0.3) is 5.91 Å². The minimum absolute atomic E-state index is 0.0107. The molecule has 0 bridgehead atoms. The molecule has 0 saturated carbocycles. The number of nitrogens with one attached hydrogen (secondary N) is 1. The molecular formula is C12H16BrNO. The molecule has 1 aromatic rings. The molecule has 0 aliphatic carbocycles. The summed E-state index contributed by atoms with van der Waals surface area (Å²) in [6.45, 7) is 4.14. The number of hydrogen-bond acceptors (Lipinski definition) is 1. The van der Waals surface area contributed by atoms with Gasteiger partial charge < -0.3 is 5.32 Å². The van der Waals surface area contributed by atoms with Crippen LogP contribution in [-0.4, -0.2) is 11.9 Å². The van der Waals surface area contributed by atoms with Crippen molar-refractivity contribution in [2.45, 2.75) is 32.7 Å². The van der Waals surface area contributed by atoms with Crippen LogP contribution in [0, 0.1) is 0 Å². The molecule has 82 valence electrons. The summed E-state index contributed by atoms with van der Waals surface area (Å²) in [4.78, 5) is 11.8. The Morgan fingerprint density at radius 2 is 2.13 bits per heavy atom. The number of halogens is 1. The Hall–Kier alpha value is -0.830. The van der Waals surface area contributed by atoms with Gasteiger partial charge in [0, 0.05) is 10.5 Å². The molecule has 0 radical (unpaired) electrons. The number of hydrogen-bond donors (Lipinski definition) is 1. The third kappa shape index (κ3) is 3.67. The largest absolute Gasteiger partial charge is 0.350 e. The Labute approximate surface area is 99.2 Å². The average molecular weight is 270 g/mol. The molecule has 0 saturated heterocycles. The predicted octanol–water partition coefficient (Wildman–Crippen LogP) is 3.37. The van der Waals surface area contributed by atoms with E-state index in [0.29, 0.717) is 5.56 Å². The molecule has 1 amide bonds. The highest BCUT2D eigenvalue weighted by atomic mass is 79.9. The number of rotatable bonds is 4. The Bertz CT molecular complexity index is 338. The van der Waals surface area contributed by atoms with Gasteiger partial charge >= 0.3 is 0 Å². The van der Waals surface area contributed by atoms with E-state index in [4.69, 9.17) is 0 Å². The van der Waals surface area contributed by atoms with Gasteiger partial charge in [-0.3, -0.25) is 4.79 Å². The Morgan fingerprint density at radius 3 is 2.73 bits per heavy atom. The zero-order valence-corrected chi connectivity index (χ0v) is 10.7. The first-order valence-corrected chi connectivity index (χ1v) is 5.99. The highest BCUT2D eigenvalue weighted by Crippen LogP contribution is 2.15. The van der Waals surface area contributed by atoms with Gasteiger partial charge in [0.05, 0.1) is 5.56 Å². The molecule has 0 aromatic heterocycles. The van der Waals surface area contributed by atoms with Crippen LogP contribution in [0.25, 0.3) is 0 Å². The molecule has 0 spiro atoms. The van der Waals surface area contributed by atoms with Crippen molar-refractivity contribution < 1.29 is 4.79 Å². The van der Waals surface area contributed by atoms with E-state index in [9.17, 15) is 4.79 Å². The fourth-order valence-corrected chi connectivity index (χ4v) is 1.92. The molecule has 0 unspecified atom stereocenters. The first kappa shape index (κ1) is 12.2. The number of benzene rings is 1. The smallest absolute Gasteiger partial charge is 0.252 e. The zero-order chi connectivity index (χ0) is 11.3. The lowest BCUT2D eigenvalue weighted by atomic mass is 10.1. The van der Waals surface area contributed by atoms with E-state index in [-0.39, 0.29) is 11.9 Å². The lowest BCUT2D eigenvalue weighted by molar-refractivity contribution is 0.0937. The summed E-state index contributed by atoms with van der Waals surface area (Å²) >= 11 is 3.36. The summed E-state index contributed by atoms with van der Waals surface area (Å²) in [7, 11) is 0. The van der Waals surface area contributed by atoms with Crippen molar-refractivity contribution in [2.75, 3.05) is 0 Å². The molecule has 1 N–H and O–H groups in total. The topological polar surface area (TPSA) is 29.1 Å². The van der Waals surface area contributed by atoms with Crippen molar-refractivity contribution in [3.63, 3.8) is 0 Å². The van der Waals surface area contributed by atoms with Crippen molar-refractivity contribution in [1.82, 2.24) is 5.32 Å². The van der Waals surface area contributed by atoms with Crippen molar-refractivity contribution in [3.05, 3.63) is 34.3 Å². The second-order valence-corrected chi connectivity index (χ2v) is 4.50. The Morgan fingerprint density at radius 1 is 1.47 bits per heavy atom. The summed E-state index contributed by atoms with van der Waals surface area (Å²) < 4.78 is 0.839. The average Bonchev–Trinajstić information content (AvgIpc) is 2.18. The second kappa shape index (κ2) is 5.91. The standard InChI is InChI=1S/C12H16BrNO/c1-3-6-9(2)14-12(15)10-7-4-5-8-11(10)13/h4-5,7-9H,3,6H2,1-2H3,(H,14,15)/t9-/m0/s1. The summed E-state index contributed by atoms with van der Waals surface area (Å²) in [6.07, 6.45) is 2.09. The number of amides is 1. The normalized spacial score (nSPS) is 12.2. The van der Waals surface area contributed by atoms with Gasteiger partial charge in [-0.2, -0.15) is 0 Å². The molecule has 1 atom stereocenters. The molecule has 0 fully saturated rings. The van der Waals surface area contributed by atoms with Crippen molar-refractivity contribution in [2.24, 2.45) is 0 Å². The van der Waals surface area contributed by atoms with Crippen LogP contribution in [0.4, 0.5) is 0 Å². The van der Waals surface area contributed by atoms with E-state index in [1.165, 1.54) is 0 Å². The maximum Gasteiger partial charge on any atom is 0.252 e. The van der Waals surface area contributed by atoms with Crippen LogP contribution in [0.15, 0.2) is 28.7 Å². The van der Waals surface area contributed by atoms with Crippen LogP contribution in [-0.2, 0) is 0 Å². The highest BCUT2D eigenvalue weighted by Gasteiger charge is 2.11. The van der Waals surface area contributed by atoms with Gasteiger partial charge in [0.2, 0.25) is 0 Å². The van der Waals surface area contributed by atoms with Crippen LogP contribution in [0.5, 0.6) is 0 Å². The van der Waals surface area contributed by atoms with Crippen LogP contribution in [0.3, 0.4) is 0 Å². The predicted molar refractivity (Wildman–Crippen MR) is 66.0 cm³/mol. The molecule has 1 aromatic carbocycles. The third-order valence-electron chi connectivity index (χ3n) is 2.22. The van der Waals surface area contributed by atoms with E-state index in [1.54, 1.807) is 0 Å². The van der Waals surface area contributed by atoms with Crippen LogP contribution in [0.1, 0.15) is 37.0 Å². The SMILES string of the molecule is CCC[C@H](C)NC(=O)c1ccccc1Br. The minimum Gasteiger partial charge on any atom is -0.350 e. The maximum absolute atomic E-state index is 11.8. The van der Waals surface area contributed by atoms with E-state index in [2.05, 4.69) is 28.2 Å². The zero-order valence-electron chi connectivity index (χ0n) is 9.09. The van der Waals surface area contributed by atoms with E-state index in [0.717, 1.165) is 17.3 Å². The number of carbonyl (C=O) groups is 1. The van der Waals surface area contributed by atoms with Crippen molar-refractivity contribution >= 4 is 21.8 Å². The van der Waals surface area contributed by atoms with Crippen LogP contribution in [0.2, 0.25) is 0 Å². The third-order valence-corrected chi connectivity index (χ3v) is 2.91. The Kier molecular flexibility index (Phi) is 4.82. The minimum atomic E-state index is -0.0107. The Balaban J connectivity index is 2.65. The molecule has 1 rings (SSSR count). The fraction of sp³-hybridized carbons (Fsp3) is 0.417. The van der Waals surface area contributed by atoms with Crippen LogP contribution < -0.4 is 5.32 Å². The monoisotopic (exact) mass is 269 g/mol. The molecule has 0 aliphatic heterocycles. The first-order chi connectivity index (χ1) is 7.15. The first-order valence-electron chi connectivity index (χ1n) is 5.20. The highest BCUT2D eigenvalue weighted by molar-refractivity contribution is 9.10. The summed E-state index contributed by atoms with van der Waals surface area (Å²) in [5.41, 5.74) is 0.695. The molecule has 0 heterocycles. The van der Waals surface area contributed by atoms with E-state index < -0.39 is 0 Å². The maximum atomic E-state index is 11.8. The van der Waals surface area contributed by atoms with Crippen molar-refractivity contribution in [3.8, 4) is 0 Å².